The third-order valence-corrected chi connectivity index (χ3v) is 6.54. The van der Waals surface area contributed by atoms with Crippen LogP contribution in [0, 0.1) is 0 Å². The Morgan fingerprint density at radius 3 is 2.68 bits per heavy atom. The van der Waals surface area contributed by atoms with Gasteiger partial charge in [0.15, 0.2) is 0 Å². The van der Waals surface area contributed by atoms with Crippen LogP contribution in [0.5, 0.6) is 0 Å². The summed E-state index contributed by atoms with van der Waals surface area (Å²) in [5.74, 6) is 1.86. The van der Waals surface area contributed by atoms with Gasteiger partial charge in [-0.05, 0) is 43.5 Å². The van der Waals surface area contributed by atoms with Gasteiger partial charge in [-0.2, -0.15) is 0 Å². The molecule has 9 heteroatoms. The third-order valence-electron chi connectivity index (χ3n) is 6.21. The van der Waals surface area contributed by atoms with Crippen LogP contribution in [0.4, 0.5) is 0 Å². The Hall–Kier alpha value is -3.52. The lowest BCUT2D eigenvalue weighted by molar-refractivity contribution is -0.132. The van der Waals surface area contributed by atoms with Crippen LogP contribution in [0.15, 0.2) is 57.7 Å². The van der Waals surface area contributed by atoms with E-state index in [0.29, 0.717) is 65.9 Å². The van der Waals surface area contributed by atoms with Crippen LogP contribution in [0.1, 0.15) is 43.3 Å². The quantitative estimate of drug-likeness (QED) is 0.442. The largest absolute Gasteiger partial charge is 0.420 e. The molecule has 1 aliphatic heterocycles. The number of nitrogens with one attached hydrogen (secondary N) is 1. The maximum absolute atomic E-state index is 12.7. The number of hydrogen-bond acceptors (Lipinski definition) is 6. The third kappa shape index (κ3) is 4.72. The molecule has 1 N–H and O–H groups in total. The minimum absolute atomic E-state index is 0.115. The summed E-state index contributed by atoms with van der Waals surface area (Å²) in [6.45, 7) is 1.30. The Kier molecular flexibility index (Phi) is 6.40. The second-order valence-electron chi connectivity index (χ2n) is 8.46. The summed E-state index contributed by atoms with van der Waals surface area (Å²) in [5, 5.41) is 9.53. The van der Waals surface area contributed by atoms with E-state index in [1.54, 1.807) is 12.1 Å². The standard InChI is InChI=1S/C25H24ClN5O3/c26-19-8-3-1-6-17(19)25-30-29-24(34-25)16-12-14-31(15-13-16)22(32)11-5-10-21-27-20-9-4-2-7-18(20)23(33)28-21/h1-4,6-9,16H,5,10-15H2,(H,27,28,33). The van der Waals surface area contributed by atoms with Gasteiger partial charge in [-0.1, -0.05) is 35.9 Å². The van der Waals surface area contributed by atoms with Crippen molar-refractivity contribution in [2.24, 2.45) is 0 Å². The molecule has 3 heterocycles. The molecule has 2 aromatic carbocycles. The second-order valence-corrected chi connectivity index (χ2v) is 8.87. The molecule has 0 atom stereocenters. The molecule has 34 heavy (non-hydrogen) atoms. The molecule has 0 unspecified atom stereocenters. The molecular formula is C25H24ClN5O3. The van der Waals surface area contributed by atoms with Gasteiger partial charge in [-0.25, -0.2) is 4.98 Å². The zero-order chi connectivity index (χ0) is 23.5. The van der Waals surface area contributed by atoms with Gasteiger partial charge < -0.3 is 14.3 Å². The molecule has 1 amide bonds. The van der Waals surface area contributed by atoms with E-state index < -0.39 is 0 Å². The molecule has 0 aliphatic carbocycles. The fourth-order valence-electron chi connectivity index (χ4n) is 4.34. The van der Waals surface area contributed by atoms with E-state index in [4.69, 9.17) is 16.0 Å². The summed E-state index contributed by atoms with van der Waals surface area (Å²) in [5.41, 5.74) is 1.25. The first kappa shape index (κ1) is 22.3. The van der Waals surface area contributed by atoms with Crippen molar-refractivity contribution in [2.75, 3.05) is 13.1 Å². The van der Waals surface area contributed by atoms with Crippen molar-refractivity contribution in [1.82, 2.24) is 25.1 Å². The van der Waals surface area contributed by atoms with Crippen LogP contribution in [0.3, 0.4) is 0 Å². The van der Waals surface area contributed by atoms with Gasteiger partial charge in [0.2, 0.25) is 17.7 Å². The van der Waals surface area contributed by atoms with E-state index in [9.17, 15) is 9.59 Å². The Morgan fingerprint density at radius 1 is 1.09 bits per heavy atom. The molecule has 2 aromatic heterocycles. The number of aromatic amines is 1. The van der Waals surface area contributed by atoms with Crippen LogP contribution < -0.4 is 5.56 Å². The first-order valence-corrected chi connectivity index (χ1v) is 11.8. The van der Waals surface area contributed by atoms with Crippen molar-refractivity contribution in [1.29, 1.82) is 0 Å². The van der Waals surface area contributed by atoms with Crippen LogP contribution in [0.2, 0.25) is 5.02 Å². The molecule has 4 aromatic rings. The van der Waals surface area contributed by atoms with Crippen molar-refractivity contribution < 1.29 is 9.21 Å². The minimum atomic E-state index is -0.146. The van der Waals surface area contributed by atoms with E-state index in [2.05, 4.69) is 20.2 Å². The topological polar surface area (TPSA) is 105 Å². The number of rotatable bonds is 6. The van der Waals surface area contributed by atoms with E-state index in [0.717, 1.165) is 18.4 Å². The molecular weight excluding hydrogens is 454 g/mol. The maximum Gasteiger partial charge on any atom is 0.258 e. The Balaban J connectivity index is 1.13. The zero-order valence-corrected chi connectivity index (χ0v) is 19.3. The van der Waals surface area contributed by atoms with Gasteiger partial charge in [-0.3, -0.25) is 9.59 Å². The number of likely N-dealkylation sites (tertiary alicyclic amines) is 1. The molecule has 0 radical (unpaired) electrons. The number of piperidine rings is 1. The number of carbonyl (C=O) groups excluding carboxylic acids is 1. The van der Waals surface area contributed by atoms with Crippen molar-refractivity contribution in [3.63, 3.8) is 0 Å². The average Bonchev–Trinajstić information content (AvgIpc) is 3.34. The summed E-state index contributed by atoms with van der Waals surface area (Å²) in [7, 11) is 0. The molecule has 0 saturated carbocycles. The van der Waals surface area contributed by atoms with Crippen LogP contribution in [0.25, 0.3) is 22.4 Å². The highest BCUT2D eigenvalue weighted by Crippen LogP contribution is 2.31. The highest BCUT2D eigenvalue weighted by Gasteiger charge is 2.27. The van der Waals surface area contributed by atoms with Gasteiger partial charge in [0.1, 0.15) is 5.82 Å². The molecule has 0 bridgehead atoms. The summed E-state index contributed by atoms with van der Waals surface area (Å²) < 4.78 is 5.89. The van der Waals surface area contributed by atoms with Crippen molar-refractivity contribution >= 4 is 28.4 Å². The van der Waals surface area contributed by atoms with Crippen LogP contribution in [-0.2, 0) is 11.2 Å². The van der Waals surface area contributed by atoms with Crippen molar-refractivity contribution in [3.8, 4) is 11.5 Å². The molecule has 1 aliphatic rings. The van der Waals surface area contributed by atoms with Crippen molar-refractivity contribution in [2.45, 2.75) is 38.0 Å². The van der Waals surface area contributed by atoms with E-state index in [1.165, 1.54) is 0 Å². The molecule has 5 rings (SSSR count). The fourth-order valence-corrected chi connectivity index (χ4v) is 4.55. The number of amides is 1. The number of H-pyrrole nitrogens is 1. The van der Waals surface area contributed by atoms with Gasteiger partial charge in [0, 0.05) is 31.8 Å². The SMILES string of the molecule is O=C(CCCc1nc2ccccc2c(=O)[nH]1)N1CCC(c2nnc(-c3ccccc3Cl)o2)CC1. The predicted molar refractivity (Wildman–Crippen MR) is 129 cm³/mol. The molecule has 1 saturated heterocycles. The van der Waals surface area contributed by atoms with Gasteiger partial charge in [-0.15, -0.1) is 10.2 Å². The molecule has 0 spiro atoms. The van der Waals surface area contributed by atoms with Crippen LogP contribution >= 0.6 is 11.6 Å². The normalized spacial score (nSPS) is 14.6. The predicted octanol–water partition coefficient (Wildman–Crippen LogP) is 4.36. The second kappa shape index (κ2) is 9.77. The summed E-state index contributed by atoms with van der Waals surface area (Å²) in [4.78, 5) is 34.1. The Labute approximate surface area is 201 Å². The number of benzene rings is 2. The van der Waals surface area contributed by atoms with Crippen LogP contribution in [-0.4, -0.2) is 44.1 Å². The summed E-state index contributed by atoms with van der Waals surface area (Å²) in [6.07, 6.45) is 3.14. The lowest BCUT2D eigenvalue weighted by Crippen LogP contribution is -2.37. The number of hydrogen-bond donors (Lipinski definition) is 1. The number of aromatic nitrogens is 4. The highest BCUT2D eigenvalue weighted by atomic mass is 35.5. The van der Waals surface area contributed by atoms with Gasteiger partial charge in [0.05, 0.1) is 21.5 Å². The first-order chi connectivity index (χ1) is 16.6. The van der Waals surface area contributed by atoms with Gasteiger partial charge >= 0.3 is 0 Å². The fraction of sp³-hybridized carbons (Fsp3) is 0.320. The molecule has 174 valence electrons. The molecule has 1 fully saturated rings. The number of aryl methyl sites for hydroxylation is 1. The molecule has 8 nitrogen and oxygen atoms in total. The monoisotopic (exact) mass is 477 g/mol. The Morgan fingerprint density at radius 2 is 1.85 bits per heavy atom. The van der Waals surface area contributed by atoms with E-state index in [1.807, 2.05) is 41.3 Å². The highest BCUT2D eigenvalue weighted by molar-refractivity contribution is 6.33. The number of carbonyl (C=O) groups is 1. The number of nitrogens with zero attached hydrogens (tertiary/aromatic N) is 4. The summed E-state index contributed by atoms with van der Waals surface area (Å²) >= 11 is 6.23. The zero-order valence-electron chi connectivity index (χ0n) is 18.5. The van der Waals surface area contributed by atoms with E-state index >= 15 is 0 Å². The minimum Gasteiger partial charge on any atom is -0.420 e. The smallest absolute Gasteiger partial charge is 0.258 e. The number of fused-ring (bicyclic) bond motifs is 1. The average molecular weight is 478 g/mol. The lowest BCUT2D eigenvalue weighted by atomic mass is 9.96. The van der Waals surface area contributed by atoms with Crippen molar-refractivity contribution in [3.05, 3.63) is 75.6 Å². The van der Waals surface area contributed by atoms with E-state index in [-0.39, 0.29) is 17.4 Å². The lowest BCUT2D eigenvalue weighted by Gasteiger charge is -2.30. The van der Waals surface area contributed by atoms with Gasteiger partial charge in [0.25, 0.3) is 5.56 Å². The maximum atomic E-state index is 12.7. The number of halogens is 1. The summed E-state index contributed by atoms with van der Waals surface area (Å²) in [6, 6.07) is 14.6. The Bertz CT molecular complexity index is 1370. The first-order valence-electron chi connectivity index (χ1n) is 11.4. The number of para-hydroxylation sites is 1.